The van der Waals surface area contributed by atoms with Crippen LogP contribution in [0.25, 0.3) is 28.2 Å². The molecule has 1 aliphatic heterocycles. The number of likely N-dealkylation sites (N-methyl/N-ethyl adjacent to an activating group) is 1. The fourth-order valence-corrected chi connectivity index (χ4v) is 4.24. The molecular formula is C26H27N5O2. The standard InChI is InChI=1S/C26H27N5O2/c1-3-29-12-14-30(15-13-29)26(32)24-17-22(20-10-7-11-21(16-20)33-2)27-25-18-23(28-31(24)25)19-8-5-4-6-9-19/h4-11,16-18H,3,12-15H2,1-2H3. The topological polar surface area (TPSA) is 63.0 Å². The van der Waals surface area contributed by atoms with Gasteiger partial charge in [0.15, 0.2) is 5.65 Å². The molecule has 3 heterocycles. The summed E-state index contributed by atoms with van der Waals surface area (Å²) in [5.74, 6) is 0.723. The zero-order valence-corrected chi connectivity index (χ0v) is 18.9. The van der Waals surface area contributed by atoms with Crippen LogP contribution in [0.2, 0.25) is 0 Å². The number of carbonyl (C=O) groups excluding carboxylic acids is 1. The van der Waals surface area contributed by atoms with Crippen molar-refractivity contribution >= 4 is 11.6 Å². The average Bonchev–Trinajstić information content (AvgIpc) is 3.33. The summed E-state index contributed by atoms with van der Waals surface area (Å²) in [6, 6.07) is 21.5. The first kappa shape index (κ1) is 21.2. The van der Waals surface area contributed by atoms with Gasteiger partial charge in [-0.05, 0) is 24.7 Å². The van der Waals surface area contributed by atoms with Crippen molar-refractivity contribution in [2.24, 2.45) is 0 Å². The lowest BCUT2D eigenvalue weighted by molar-refractivity contribution is 0.0634. The minimum atomic E-state index is -0.0231. The molecule has 1 saturated heterocycles. The molecule has 1 fully saturated rings. The van der Waals surface area contributed by atoms with Crippen LogP contribution < -0.4 is 4.74 Å². The summed E-state index contributed by atoms with van der Waals surface area (Å²) < 4.78 is 7.08. The van der Waals surface area contributed by atoms with Gasteiger partial charge in [0.2, 0.25) is 0 Å². The predicted molar refractivity (Wildman–Crippen MR) is 128 cm³/mol. The van der Waals surface area contributed by atoms with Gasteiger partial charge in [0.05, 0.1) is 18.5 Å². The maximum Gasteiger partial charge on any atom is 0.272 e. The second kappa shape index (κ2) is 9.03. The number of aromatic nitrogens is 3. The first-order valence-electron chi connectivity index (χ1n) is 11.3. The van der Waals surface area contributed by atoms with E-state index in [-0.39, 0.29) is 5.91 Å². The van der Waals surface area contributed by atoms with E-state index >= 15 is 0 Å². The fourth-order valence-electron chi connectivity index (χ4n) is 4.24. The van der Waals surface area contributed by atoms with Gasteiger partial charge in [-0.25, -0.2) is 9.50 Å². The molecule has 0 saturated carbocycles. The molecule has 1 amide bonds. The number of rotatable bonds is 5. The van der Waals surface area contributed by atoms with Crippen LogP contribution in [-0.4, -0.2) is 70.1 Å². The molecule has 2 aromatic heterocycles. The van der Waals surface area contributed by atoms with Crippen LogP contribution in [-0.2, 0) is 0 Å². The van der Waals surface area contributed by atoms with Crippen molar-refractivity contribution in [3.05, 3.63) is 72.4 Å². The zero-order chi connectivity index (χ0) is 22.8. The number of piperazine rings is 1. The first-order valence-corrected chi connectivity index (χ1v) is 11.3. The molecule has 4 aromatic rings. The largest absolute Gasteiger partial charge is 0.497 e. The van der Waals surface area contributed by atoms with E-state index in [1.807, 2.05) is 71.6 Å². The van der Waals surface area contributed by atoms with Crippen molar-refractivity contribution in [2.45, 2.75) is 6.92 Å². The maximum absolute atomic E-state index is 13.7. The van der Waals surface area contributed by atoms with E-state index in [9.17, 15) is 4.79 Å². The highest BCUT2D eigenvalue weighted by molar-refractivity contribution is 5.94. The Labute approximate surface area is 193 Å². The third-order valence-corrected chi connectivity index (χ3v) is 6.19. The molecular weight excluding hydrogens is 414 g/mol. The van der Waals surface area contributed by atoms with E-state index in [1.165, 1.54) is 0 Å². The smallest absolute Gasteiger partial charge is 0.272 e. The summed E-state index contributed by atoms with van der Waals surface area (Å²) in [6.07, 6.45) is 0. The third-order valence-electron chi connectivity index (χ3n) is 6.19. The normalized spacial score (nSPS) is 14.5. The van der Waals surface area contributed by atoms with Crippen LogP contribution in [0.4, 0.5) is 0 Å². The van der Waals surface area contributed by atoms with Gasteiger partial charge in [0.1, 0.15) is 11.4 Å². The molecule has 0 atom stereocenters. The third kappa shape index (κ3) is 4.19. The van der Waals surface area contributed by atoms with Crippen molar-refractivity contribution in [3.8, 4) is 28.3 Å². The van der Waals surface area contributed by atoms with Gasteiger partial charge in [-0.3, -0.25) is 4.79 Å². The quantitative estimate of drug-likeness (QED) is 0.471. The van der Waals surface area contributed by atoms with Gasteiger partial charge in [-0.2, -0.15) is 5.10 Å². The molecule has 0 aliphatic carbocycles. The molecule has 7 nitrogen and oxygen atoms in total. The van der Waals surface area contributed by atoms with Gasteiger partial charge in [0.25, 0.3) is 5.91 Å². The average molecular weight is 442 g/mol. The minimum Gasteiger partial charge on any atom is -0.497 e. The highest BCUT2D eigenvalue weighted by Gasteiger charge is 2.25. The molecule has 1 aliphatic rings. The summed E-state index contributed by atoms with van der Waals surface area (Å²) in [7, 11) is 1.64. The molecule has 168 valence electrons. The molecule has 33 heavy (non-hydrogen) atoms. The lowest BCUT2D eigenvalue weighted by Crippen LogP contribution is -2.48. The van der Waals surface area contributed by atoms with Crippen LogP contribution >= 0.6 is 0 Å². The molecule has 7 heteroatoms. The summed E-state index contributed by atoms with van der Waals surface area (Å²) in [6.45, 7) is 6.33. The number of nitrogens with zero attached hydrogens (tertiary/aromatic N) is 5. The van der Waals surface area contributed by atoms with Crippen LogP contribution in [0, 0.1) is 0 Å². The Bertz CT molecular complexity index is 1280. The summed E-state index contributed by atoms with van der Waals surface area (Å²) in [4.78, 5) is 22.8. The van der Waals surface area contributed by atoms with Gasteiger partial charge in [0, 0.05) is 43.4 Å². The number of carbonyl (C=O) groups is 1. The minimum absolute atomic E-state index is 0.0231. The van der Waals surface area contributed by atoms with Crippen LogP contribution in [0.5, 0.6) is 5.75 Å². The van der Waals surface area contributed by atoms with Crippen LogP contribution in [0.15, 0.2) is 66.7 Å². The SMILES string of the molecule is CCN1CCN(C(=O)c2cc(-c3cccc(OC)c3)nc3cc(-c4ccccc4)nn23)CC1. The number of amides is 1. The number of fused-ring (bicyclic) bond motifs is 1. The van der Waals surface area contributed by atoms with Crippen molar-refractivity contribution in [1.29, 1.82) is 0 Å². The van der Waals surface area contributed by atoms with Crippen molar-refractivity contribution < 1.29 is 9.53 Å². The summed E-state index contributed by atoms with van der Waals surface area (Å²) in [5.41, 5.74) is 4.55. The Morgan fingerprint density at radius 2 is 1.67 bits per heavy atom. The highest BCUT2D eigenvalue weighted by atomic mass is 16.5. The lowest BCUT2D eigenvalue weighted by atomic mass is 10.1. The second-order valence-corrected chi connectivity index (χ2v) is 8.15. The Kier molecular flexibility index (Phi) is 5.79. The monoisotopic (exact) mass is 441 g/mol. The lowest BCUT2D eigenvalue weighted by Gasteiger charge is -2.34. The number of benzene rings is 2. The van der Waals surface area contributed by atoms with E-state index in [2.05, 4.69) is 11.8 Å². The molecule has 0 unspecified atom stereocenters. The first-order chi connectivity index (χ1) is 16.2. The van der Waals surface area contributed by atoms with Crippen molar-refractivity contribution in [3.63, 3.8) is 0 Å². The van der Waals surface area contributed by atoms with E-state index in [0.717, 1.165) is 47.9 Å². The van der Waals surface area contributed by atoms with Crippen molar-refractivity contribution in [1.82, 2.24) is 24.4 Å². The molecule has 2 aromatic carbocycles. The Hall–Kier alpha value is -3.71. The van der Waals surface area contributed by atoms with Crippen molar-refractivity contribution in [2.75, 3.05) is 39.8 Å². The fraction of sp³-hybridized carbons (Fsp3) is 0.269. The van der Waals surface area contributed by atoms with E-state index < -0.39 is 0 Å². The Morgan fingerprint density at radius 3 is 2.39 bits per heavy atom. The van der Waals surface area contributed by atoms with E-state index in [0.29, 0.717) is 24.4 Å². The van der Waals surface area contributed by atoms with E-state index in [4.69, 9.17) is 14.8 Å². The summed E-state index contributed by atoms with van der Waals surface area (Å²) in [5, 5.41) is 4.77. The number of hydrogen-bond acceptors (Lipinski definition) is 5. The summed E-state index contributed by atoms with van der Waals surface area (Å²) >= 11 is 0. The van der Waals surface area contributed by atoms with Gasteiger partial charge in [-0.1, -0.05) is 49.4 Å². The molecule has 0 N–H and O–H groups in total. The molecule has 5 rings (SSSR count). The van der Waals surface area contributed by atoms with E-state index in [1.54, 1.807) is 11.6 Å². The number of methoxy groups -OCH3 is 1. The Morgan fingerprint density at radius 1 is 0.909 bits per heavy atom. The van der Waals surface area contributed by atoms with Gasteiger partial charge >= 0.3 is 0 Å². The maximum atomic E-state index is 13.7. The molecule has 0 bridgehead atoms. The van der Waals surface area contributed by atoms with Crippen LogP contribution in [0.1, 0.15) is 17.4 Å². The predicted octanol–water partition coefficient (Wildman–Crippen LogP) is 3.85. The number of ether oxygens (including phenoxy) is 1. The number of hydrogen-bond donors (Lipinski definition) is 0. The van der Waals surface area contributed by atoms with Gasteiger partial charge < -0.3 is 14.5 Å². The van der Waals surface area contributed by atoms with Gasteiger partial charge in [-0.15, -0.1) is 0 Å². The highest BCUT2D eigenvalue weighted by Crippen LogP contribution is 2.27. The zero-order valence-electron chi connectivity index (χ0n) is 18.9. The van der Waals surface area contributed by atoms with Crippen LogP contribution in [0.3, 0.4) is 0 Å². The Balaban J connectivity index is 1.61. The molecule has 0 spiro atoms. The second-order valence-electron chi connectivity index (χ2n) is 8.15. The molecule has 0 radical (unpaired) electrons.